The Morgan fingerprint density at radius 2 is 2.09 bits per heavy atom. The molecule has 2 aliphatic rings. The highest BCUT2D eigenvalue weighted by molar-refractivity contribution is 6.01. The van der Waals surface area contributed by atoms with Crippen LogP contribution in [0.25, 0.3) is 0 Å². The fraction of sp³-hybridized carbons (Fsp3) is 0.474. The molecule has 3 heteroatoms. The lowest BCUT2D eigenvalue weighted by Gasteiger charge is -2.38. The van der Waals surface area contributed by atoms with Crippen LogP contribution in [0.4, 0.5) is 0 Å². The summed E-state index contributed by atoms with van der Waals surface area (Å²) in [5, 5.41) is 0. The maximum Gasteiger partial charge on any atom is 0.173 e. The quantitative estimate of drug-likeness (QED) is 0.790. The summed E-state index contributed by atoms with van der Waals surface area (Å²) in [7, 11) is 0. The monoisotopic (exact) mass is 298 g/mol. The fourth-order valence-electron chi connectivity index (χ4n) is 3.54. The molecule has 116 valence electrons. The highest BCUT2D eigenvalue weighted by Crippen LogP contribution is 2.39. The molecule has 3 rings (SSSR count). The van der Waals surface area contributed by atoms with Crippen LogP contribution < -0.4 is 4.74 Å². The van der Waals surface area contributed by atoms with E-state index in [1.54, 1.807) is 6.92 Å². The SMILES string of the molecule is CC(=O)CCC1C(=O)c2ccccc2OC1C1CC=CCC1. The molecule has 1 aliphatic heterocycles. The summed E-state index contributed by atoms with van der Waals surface area (Å²) < 4.78 is 6.22. The van der Waals surface area contributed by atoms with Gasteiger partial charge in [-0.3, -0.25) is 4.79 Å². The van der Waals surface area contributed by atoms with Crippen LogP contribution in [0.5, 0.6) is 5.75 Å². The van der Waals surface area contributed by atoms with E-state index in [1.807, 2.05) is 24.3 Å². The molecular weight excluding hydrogens is 276 g/mol. The minimum atomic E-state index is -0.199. The minimum Gasteiger partial charge on any atom is -0.489 e. The van der Waals surface area contributed by atoms with Crippen molar-refractivity contribution in [3.8, 4) is 5.75 Å². The van der Waals surface area contributed by atoms with Crippen LogP contribution in [0.3, 0.4) is 0 Å². The van der Waals surface area contributed by atoms with Gasteiger partial charge < -0.3 is 9.53 Å². The molecule has 3 nitrogen and oxygen atoms in total. The summed E-state index contributed by atoms with van der Waals surface area (Å²) >= 11 is 0. The third-order valence-corrected chi connectivity index (χ3v) is 4.73. The number of para-hydroxylation sites is 1. The maximum absolute atomic E-state index is 12.9. The molecule has 0 fully saturated rings. The van der Waals surface area contributed by atoms with Gasteiger partial charge in [0, 0.05) is 12.3 Å². The topological polar surface area (TPSA) is 43.4 Å². The van der Waals surface area contributed by atoms with Crippen LogP contribution in [0.2, 0.25) is 0 Å². The number of ether oxygens (including phenoxy) is 1. The maximum atomic E-state index is 12.9. The van der Waals surface area contributed by atoms with Crippen LogP contribution in [-0.4, -0.2) is 17.7 Å². The summed E-state index contributed by atoms with van der Waals surface area (Å²) in [5.41, 5.74) is 0.665. The standard InChI is InChI=1S/C19H22O3/c1-13(20)11-12-16-18(21)15-9-5-6-10-17(15)22-19(16)14-7-3-2-4-8-14/h2-3,5-6,9-10,14,16,19H,4,7-8,11-12H2,1H3. The van der Waals surface area contributed by atoms with Gasteiger partial charge in [-0.05, 0) is 44.7 Å². The van der Waals surface area contributed by atoms with Crippen molar-refractivity contribution in [1.29, 1.82) is 0 Å². The van der Waals surface area contributed by atoms with Gasteiger partial charge in [0.15, 0.2) is 5.78 Å². The average molecular weight is 298 g/mol. The van der Waals surface area contributed by atoms with Gasteiger partial charge in [-0.2, -0.15) is 0 Å². The van der Waals surface area contributed by atoms with Gasteiger partial charge >= 0.3 is 0 Å². The number of ketones is 2. The molecule has 1 aromatic carbocycles. The van der Waals surface area contributed by atoms with E-state index in [1.165, 1.54) is 0 Å². The first kappa shape index (κ1) is 15.0. The minimum absolute atomic E-state index is 0.105. The average Bonchev–Trinajstić information content (AvgIpc) is 2.54. The van der Waals surface area contributed by atoms with Crippen molar-refractivity contribution in [2.45, 2.75) is 45.1 Å². The lowest BCUT2D eigenvalue weighted by atomic mass is 9.76. The molecule has 22 heavy (non-hydrogen) atoms. The molecule has 0 saturated carbocycles. The van der Waals surface area contributed by atoms with Crippen molar-refractivity contribution in [3.63, 3.8) is 0 Å². The predicted molar refractivity (Wildman–Crippen MR) is 85.1 cm³/mol. The van der Waals surface area contributed by atoms with Crippen LogP contribution >= 0.6 is 0 Å². The third kappa shape index (κ3) is 2.99. The Morgan fingerprint density at radius 1 is 1.27 bits per heavy atom. The van der Waals surface area contributed by atoms with Crippen LogP contribution in [0.1, 0.15) is 49.4 Å². The lowest BCUT2D eigenvalue weighted by Crippen LogP contribution is -2.43. The van der Waals surface area contributed by atoms with Gasteiger partial charge in [-0.25, -0.2) is 0 Å². The first-order chi connectivity index (χ1) is 10.7. The van der Waals surface area contributed by atoms with Gasteiger partial charge in [0.25, 0.3) is 0 Å². The van der Waals surface area contributed by atoms with E-state index in [0.29, 0.717) is 30.1 Å². The molecule has 0 N–H and O–H groups in total. The number of carbonyl (C=O) groups excluding carboxylic acids is 2. The molecule has 0 aromatic heterocycles. The van der Waals surface area contributed by atoms with Gasteiger partial charge in [-0.15, -0.1) is 0 Å². The first-order valence-electron chi connectivity index (χ1n) is 8.11. The van der Waals surface area contributed by atoms with Crippen molar-refractivity contribution in [2.24, 2.45) is 11.8 Å². The van der Waals surface area contributed by atoms with Crippen molar-refractivity contribution in [3.05, 3.63) is 42.0 Å². The number of hydrogen-bond acceptors (Lipinski definition) is 3. The summed E-state index contributed by atoms with van der Waals surface area (Å²) in [6.07, 6.45) is 8.36. The molecule has 1 aliphatic carbocycles. The smallest absolute Gasteiger partial charge is 0.173 e. The summed E-state index contributed by atoms with van der Waals surface area (Å²) in [4.78, 5) is 24.2. The Morgan fingerprint density at radius 3 is 2.82 bits per heavy atom. The molecule has 3 unspecified atom stereocenters. The summed E-state index contributed by atoms with van der Waals surface area (Å²) in [5.74, 6) is 1.14. The van der Waals surface area contributed by atoms with E-state index in [9.17, 15) is 9.59 Å². The van der Waals surface area contributed by atoms with Gasteiger partial charge in [-0.1, -0.05) is 24.3 Å². The molecule has 0 amide bonds. The summed E-state index contributed by atoms with van der Waals surface area (Å²) in [6.45, 7) is 1.58. The van der Waals surface area contributed by atoms with E-state index in [2.05, 4.69) is 12.2 Å². The molecule has 3 atom stereocenters. The first-order valence-corrected chi connectivity index (χ1v) is 8.11. The highest BCUT2D eigenvalue weighted by atomic mass is 16.5. The van der Waals surface area contributed by atoms with Crippen LogP contribution in [0.15, 0.2) is 36.4 Å². The highest BCUT2D eigenvalue weighted by Gasteiger charge is 2.40. The third-order valence-electron chi connectivity index (χ3n) is 4.73. The Bertz CT molecular complexity index is 602. The van der Waals surface area contributed by atoms with Crippen LogP contribution in [0, 0.1) is 11.8 Å². The molecule has 0 radical (unpaired) electrons. The Balaban J connectivity index is 1.89. The Hall–Kier alpha value is -1.90. The molecule has 0 saturated heterocycles. The second-order valence-electron chi connectivity index (χ2n) is 6.33. The number of Topliss-reactive ketones (excluding diaryl/α,β-unsaturated/α-hetero) is 2. The molecule has 0 spiro atoms. The van der Waals surface area contributed by atoms with E-state index in [-0.39, 0.29) is 23.6 Å². The molecule has 1 aromatic rings. The number of carbonyl (C=O) groups is 2. The second kappa shape index (κ2) is 6.47. The number of fused-ring (bicyclic) bond motifs is 1. The number of rotatable bonds is 4. The second-order valence-corrected chi connectivity index (χ2v) is 6.33. The van der Waals surface area contributed by atoms with E-state index in [0.717, 1.165) is 19.3 Å². The van der Waals surface area contributed by atoms with Gasteiger partial charge in [0.05, 0.1) is 11.5 Å². The zero-order valence-corrected chi connectivity index (χ0v) is 13.0. The van der Waals surface area contributed by atoms with Crippen LogP contribution in [-0.2, 0) is 4.79 Å². The molecule has 1 heterocycles. The lowest BCUT2D eigenvalue weighted by molar-refractivity contribution is -0.117. The van der Waals surface area contributed by atoms with Gasteiger partial charge in [0.1, 0.15) is 17.6 Å². The molecular formula is C19H22O3. The Kier molecular flexibility index (Phi) is 4.41. The van der Waals surface area contributed by atoms with E-state index >= 15 is 0 Å². The van der Waals surface area contributed by atoms with E-state index < -0.39 is 0 Å². The van der Waals surface area contributed by atoms with Gasteiger partial charge in [0.2, 0.25) is 0 Å². The zero-order valence-electron chi connectivity index (χ0n) is 13.0. The Labute approximate surface area is 131 Å². The largest absolute Gasteiger partial charge is 0.489 e. The summed E-state index contributed by atoms with van der Waals surface area (Å²) in [6, 6.07) is 7.47. The fourth-order valence-corrected chi connectivity index (χ4v) is 3.54. The van der Waals surface area contributed by atoms with E-state index in [4.69, 9.17) is 4.74 Å². The zero-order chi connectivity index (χ0) is 15.5. The number of allylic oxidation sites excluding steroid dienone is 2. The number of benzene rings is 1. The van der Waals surface area contributed by atoms with Crippen molar-refractivity contribution < 1.29 is 14.3 Å². The number of hydrogen-bond donors (Lipinski definition) is 0. The molecule has 0 bridgehead atoms. The predicted octanol–water partition coefficient (Wildman–Crippen LogP) is 3.97. The van der Waals surface area contributed by atoms with Crippen molar-refractivity contribution in [1.82, 2.24) is 0 Å². The van der Waals surface area contributed by atoms with Crippen molar-refractivity contribution in [2.75, 3.05) is 0 Å². The normalized spacial score (nSPS) is 27.1. The van der Waals surface area contributed by atoms with Crippen molar-refractivity contribution >= 4 is 11.6 Å².